The van der Waals surface area contributed by atoms with E-state index in [1.165, 1.54) is 0 Å². The molecule has 0 unspecified atom stereocenters. The zero-order valence-corrected chi connectivity index (χ0v) is 11.7. The third kappa shape index (κ3) is 2.07. The molecule has 0 bridgehead atoms. The molecule has 0 atom stereocenters. The highest BCUT2D eigenvalue weighted by molar-refractivity contribution is 6.64. The second-order valence-electron chi connectivity index (χ2n) is 4.43. The van der Waals surface area contributed by atoms with Gasteiger partial charge in [0, 0.05) is 21.2 Å². The molecular formula is C16H8Cl2O2. The highest BCUT2D eigenvalue weighted by atomic mass is 35.5. The van der Waals surface area contributed by atoms with E-state index < -0.39 is 11.6 Å². The average molecular weight is 303 g/mol. The first kappa shape index (κ1) is 13.1. The SMILES string of the molecule is O=C1C(=O)c2ccccc2/C1=C\c1ccc(Cl)cc1Cl. The Kier molecular flexibility index (Phi) is 3.20. The summed E-state index contributed by atoms with van der Waals surface area (Å²) in [6.07, 6.45) is 1.63. The van der Waals surface area contributed by atoms with Gasteiger partial charge >= 0.3 is 0 Å². The van der Waals surface area contributed by atoms with Gasteiger partial charge in [0.15, 0.2) is 0 Å². The van der Waals surface area contributed by atoms with Crippen molar-refractivity contribution in [3.63, 3.8) is 0 Å². The molecule has 0 aromatic heterocycles. The number of carbonyl (C=O) groups excluding carboxylic acids is 2. The third-order valence-corrected chi connectivity index (χ3v) is 3.74. The van der Waals surface area contributed by atoms with Crippen LogP contribution in [0.25, 0.3) is 11.6 Å². The van der Waals surface area contributed by atoms with E-state index in [1.54, 1.807) is 48.5 Å². The minimum Gasteiger partial charge on any atom is -0.285 e. The molecule has 0 spiro atoms. The van der Waals surface area contributed by atoms with Crippen molar-refractivity contribution in [3.8, 4) is 0 Å². The topological polar surface area (TPSA) is 34.1 Å². The average Bonchev–Trinajstić information content (AvgIpc) is 2.67. The van der Waals surface area contributed by atoms with Crippen LogP contribution >= 0.6 is 23.2 Å². The van der Waals surface area contributed by atoms with Crippen molar-refractivity contribution in [3.05, 3.63) is 69.2 Å². The molecule has 0 saturated heterocycles. The van der Waals surface area contributed by atoms with Gasteiger partial charge in [-0.1, -0.05) is 53.5 Å². The summed E-state index contributed by atoms with van der Waals surface area (Å²) in [6, 6.07) is 11.9. The molecule has 0 fully saturated rings. The van der Waals surface area contributed by atoms with Crippen LogP contribution < -0.4 is 0 Å². The van der Waals surface area contributed by atoms with E-state index in [0.29, 0.717) is 32.3 Å². The molecule has 20 heavy (non-hydrogen) atoms. The molecular weight excluding hydrogens is 295 g/mol. The first-order valence-corrected chi connectivity index (χ1v) is 6.68. The zero-order chi connectivity index (χ0) is 14.3. The summed E-state index contributed by atoms with van der Waals surface area (Å²) >= 11 is 11.9. The van der Waals surface area contributed by atoms with Crippen LogP contribution in [0, 0.1) is 0 Å². The molecule has 4 heteroatoms. The van der Waals surface area contributed by atoms with Crippen LogP contribution in [-0.4, -0.2) is 11.6 Å². The monoisotopic (exact) mass is 302 g/mol. The fourth-order valence-electron chi connectivity index (χ4n) is 2.20. The maximum absolute atomic E-state index is 12.1. The number of fused-ring (bicyclic) bond motifs is 1. The van der Waals surface area contributed by atoms with Crippen LogP contribution in [-0.2, 0) is 4.79 Å². The van der Waals surface area contributed by atoms with Gasteiger partial charge in [-0.25, -0.2) is 0 Å². The molecule has 1 aliphatic carbocycles. The number of carbonyl (C=O) groups is 2. The van der Waals surface area contributed by atoms with Crippen molar-refractivity contribution in [1.29, 1.82) is 0 Å². The Bertz CT molecular complexity index is 776. The fraction of sp³-hybridized carbons (Fsp3) is 0. The summed E-state index contributed by atoms with van der Waals surface area (Å²) in [5.74, 6) is -0.978. The van der Waals surface area contributed by atoms with E-state index >= 15 is 0 Å². The molecule has 0 heterocycles. The third-order valence-electron chi connectivity index (χ3n) is 3.18. The van der Waals surface area contributed by atoms with Gasteiger partial charge in [0.25, 0.3) is 0 Å². The van der Waals surface area contributed by atoms with Crippen LogP contribution in [0.3, 0.4) is 0 Å². The number of halogens is 2. The first-order chi connectivity index (χ1) is 9.58. The van der Waals surface area contributed by atoms with E-state index in [0.717, 1.165) is 0 Å². The second kappa shape index (κ2) is 4.89. The smallest absolute Gasteiger partial charge is 0.234 e. The Morgan fingerprint density at radius 3 is 2.25 bits per heavy atom. The van der Waals surface area contributed by atoms with Crippen molar-refractivity contribution >= 4 is 46.4 Å². The maximum atomic E-state index is 12.1. The van der Waals surface area contributed by atoms with Gasteiger partial charge in [-0.15, -0.1) is 0 Å². The maximum Gasteiger partial charge on any atom is 0.234 e. The number of ketones is 2. The fourth-order valence-corrected chi connectivity index (χ4v) is 2.66. The molecule has 0 aliphatic heterocycles. The summed E-state index contributed by atoms with van der Waals surface area (Å²) in [5, 5.41) is 0.959. The molecule has 0 radical (unpaired) electrons. The first-order valence-electron chi connectivity index (χ1n) is 5.93. The zero-order valence-electron chi connectivity index (χ0n) is 10.2. The Balaban J connectivity index is 2.17. The van der Waals surface area contributed by atoms with Crippen molar-refractivity contribution in [2.24, 2.45) is 0 Å². The lowest BCUT2D eigenvalue weighted by atomic mass is 10.0. The van der Waals surface area contributed by atoms with Gasteiger partial charge in [-0.3, -0.25) is 9.59 Å². The lowest BCUT2D eigenvalue weighted by Crippen LogP contribution is -2.05. The normalized spacial score (nSPS) is 15.8. The lowest BCUT2D eigenvalue weighted by molar-refractivity contribution is -0.109. The molecule has 1 aliphatic rings. The number of hydrogen-bond donors (Lipinski definition) is 0. The van der Waals surface area contributed by atoms with Gasteiger partial charge in [0.05, 0.1) is 0 Å². The number of allylic oxidation sites excluding steroid dienone is 1. The van der Waals surface area contributed by atoms with E-state index in [4.69, 9.17) is 23.2 Å². The summed E-state index contributed by atoms with van der Waals surface area (Å²) in [5.41, 5.74) is 2.11. The summed E-state index contributed by atoms with van der Waals surface area (Å²) in [7, 11) is 0. The van der Waals surface area contributed by atoms with Gasteiger partial charge in [-0.2, -0.15) is 0 Å². The molecule has 98 valence electrons. The Morgan fingerprint density at radius 2 is 1.55 bits per heavy atom. The quantitative estimate of drug-likeness (QED) is 0.581. The molecule has 2 aromatic rings. The van der Waals surface area contributed by atoms with Gasteiger partial charge < -0.3 is 0 Å². The highest BCUT2D eigenvalue weighted by Gasteiger charge is 2.32. The minimum atomic E-state index is -0.503. The summed E-state index contributed by atoms with van der Waals surface area (Å²) in [4.78, 5) is 23.9. The molecule has 0 N–H and O–H groups in total. The van der Waals surface area contributed by atoms with Crippen molar-refractivity contribution in [2.45, 2.75) is 0 Å². The Labute approximate surface area is 125 Å². The minimum absolute atomic E-state index is 0.370. The molecule has 2 aromatic carbocycles. The summed E-state index contributed by atoms with van der Waals surface area (Å²) in [6.45, 7) is 0. The van der Waals surface area contributed by atoms with Crippen LogP contribution in [0.5, 0.6) is 0 Å². The molecule has 0 saturated carbocycles. The van der Waals surface area contributed by atoms with E-state index in [-0.39, 0.29) is 0 Å². The largest absolute Gasteiger partial charge is 0.285 e. The van der Waals surface area contributed by atoms with Crippen molar-refractivity contribution in [1.82, 2.24) is 0 Å². The number of rotatable bonds is 1. The van der Waals surface area contributed by atoms with Crippen molar-refractivity contribution < 1.29 is 9.59 Å². The Morgan fingerprint density at radius 1 is 0.850 bits per heavy atom. The number of Topliss-reactive ketones (excluding diaryl/α,β-unsaturated/α-hetero) is 2. The standard InChI is InChI=1S/C16H8Cl2O2/c17-10-6-5-9(14(18)8-10)7-13-11-3-1-2-4-12(11)15(19)16(13)20/h1-8H/b13-7+. The van der Waals surface area contributed by atoms with Crippen LogP contribution in [0.15, 0.2) is 42.5 Å². The Hall–Kier alpha value is -1.90. The second-order valence-corrected chi connectivity index (χ2v) is 5.27. The van der Waals surface area contributed by atoms with Crippen molar-refractivity contribution in [2.75, 3.05) is 0 Å². The van der Waals surface area contributed by atoms with Gasteiger partial charge in [0.2, 0.25) is 11.6 Å². The summed E-state index contributed by atoms with van der Waals surface area (Å²) < 4.78 is 0. The van der Waals surface area contributed by atoms with E-state index in [1.807, 2.05) is 0 Å². The van der Waals surface area contributed by atoms with Crippen LogP contribution in [0.1, 0.15) is 21.5 Å². The lowest BCUT2D eigenvalue weighted by Gasteiger charge is -2.02. The predicted molar refractivity (Wildman–Crippen MR) is 80.1 cm³/mol. The van der Waals surface area contributed by atoms with Gasteiger partial charge in [0.1, 0.15) is 0 Å². The van der Waals surface area contributed by atoms with Crippen LogP contribution in [0.2, 0.25) is 10.0 Å². The predicted octanol–water partition coefficient (Wildman–Crippen LogP) is 4.30. The van der Waals surface area contributed by atoms with E-state index in [9.17, 15) is 9.59 Å². The molecule has 3 rings (SSSR count). The molecule has 0 amide bonds. The van der Waals surface area contributed by atoms with Gasteiger partial charge in [-0.05, 0) is 29.3 Å². The molecule has 2 nitrogen and oxygen atoms in total. The van der Waals surface area contributed by atoms with Crippen LogP contribution in [0.4, 0.5) is 0 Å². The number of hydrogen-bond acceptors (Lipinski definition) is 2. The highest BCUT2D eigenvalue weighted by Crippen LogP contribution is 2.32. The van der Waals surface area contributed by atoms with E-state index in [2.05, 4.69) is 0 Å². The number of benzene rings is 2.